The van der Waals surface area contributed by atoms with E-state index in [1.807, 2.05) is 57.6 Å². The first-order chi connectivity index (χ1) is 21.4. The number of ether oxygens (including phenoxy) is 1. The first-order valence-electron chi connectivity index (χ1n) is 14.8. The van der Waals surface area contributed by atoms with Crippen LogP contribution < -0.4 is 15.5 Å². The minimum absolute atomic E-state index is 0.0141. The number of carboxylic acid groups (broad SMARTS) is 1. The molecule has 2 saturated heterocycles. The largest absolute Gasteiger partial charge is 0.481 e. The molecule has 5 rings (SSSR count). The van der Waals surface area contributed by atoms with Gasteiger partial charge in [0.05, 0.1) is 43.5 Å². The Morgan fingerprint density at radius 2 is 1.66 bits per heavy atom. The third-order valence-corrected chi connectivity index (χ3v) is 8.69. The maximum atomic E-state index is 13.4. The molecular weight excluding hydrogens is 582 g/mol. The van der Waals surface area contributed by atoms with E-state index in [-0.39, 0.29) is 24.8 Å². The van der Waals surface area contributed by atoms with Crippen molar-refractivity contribution in [2.75, 3.05) is 62.7 Å². The second-order valence-corrected chi connectivity index (χ2v) is 11.8. The van der Waals surface area contributed by atoms with E-state index in [1.165, 1.54) is 11.3 Å². The van der Waals surface area contributed by atoms with Crippen molar-refractivity contribution < 1.29 is 29.0 Å². The molecule has 1 aromatic heterocycles. The molecule has 3 aromatic rings. The quantitative estimate of drug-likeness (QED) is 0.332. The molecule has 1 atom stereocenters. The molecule has 4 amide bonds. The second-order valence-electron chi connectivity index (χ2n) is 10.8. The lowest BCUT2D eigenvalue weighted by Crippen LogP contribution is -2.49. The molecule has 3 N–H and O–H groups in total. The Kier molecular flexibility index (Phi) is 10.5. The van der Waals surface area contributed by atoms with E-state index < -0.39 is 17.9 Å². The van der Waals surface area contributed by atoms with Gasteiger partial charge in [-0.05, 0) is 41.6 Å². The van der Waals surface area contributed by atoms with Crippen molar-refractivity contribution >= 4 is 46.5 Å². The highest BCUT2D eigenvalue weighted by atomic mass is 32.1. The van der Waals surface area contributed by atoms with Crippen LogP contribution in [-0.2, 0) is 20.7 Å². The third kappa shape index (κ3) is 8.14. The summed E-state index contributed by atoms with van der Waals surface area (Å²) >= 11 is 1.38. The van der Waals surface area contributed by atoms with Crippen LogP contribution in [0, 0.1) is 0 Å². The van der Waals surface area contributed by atoms with E-state index in [0.29, 0.717) is 63.7 Å². The third-order valence-electron chi connectivity index (χ3n) is 7.70. The van der Waals surface area contributed by atoms with Crippen molar-refractivity contribution in [3.05, 3.63) is 82.0 Å². The van der Waals surface area contributed by atoms with Gasteiger partial charge in [0.2, 0.25) is 5.91 Å². The number of nitrogens with one attached hydrogen (secondary N) is 2. The molecular formula is C32H37N5O6S. The van der Waals surface area contributed by atoms with Crippen molar-refractivity contribution in [2.24, 2.45) is 0 Å². The standard InChI is InChI=1S/C32H37N5O6S/c38-29(20-23-6-2-1-3-7-23)33-25-21-24(31(41)34-26(22-30(39)40)28-8-4-19-44-28)9-10-27(25)35-11-5-12-36(14-13-35)32(42)37-15-17-43-18-16-37/h1-4,6-10,19,21,26H,5,11-18,20,22H2,(H,33,38)(H,34,41)(H,39,40). The van der Waals surface area contributed by atoms with Crippen LogP contribution in [0.15, 0.2) is 66.0 Å². The smallest absolute Gasteiger partial charge is 0.320 e. The van der Waals surface area contributed by atoms with Gasteiger partial charge in [-0.3, -0.25) is 14.4 Å². The van der Waals surface area contributed by atoms with Crippen LogP contribution in [0.3, 0.4) is 0 Å². The number of hydrogen-bond donors (Lipinski definition) is 3. The normalized spacial score (nSPS) is 16.1. The predicted octanol–water partition coefficient (Wildman–Crippen LogP) is 3.84. The van der Waals surface area contributed by atoms with Gasteiger partial charge in [0, 0.05) is 49.7 Å². The van der Waals surface area contributed by atoms with Gasteiger partial charge in [0.25, 0.3) is 5.91 Å². The number of nitrogens with zero attached hydrogens (tertiary/aromatic N) is 3. The van der Waals surface area contributed by atoms with Gasteiger partial charge in [0.15, 0.2) is 0 Å². The van der Waals surface area contributed by atoms with Crippen molar-refractivity contribution in [2.45, 2.75) is 25.3 Å². The lowest BCUT2D eigenvalue weighted by molar-refractivity contribution is -0.137. The highest BCUT2D eigenvalue weighted by Gasteiger charge is 2.27. The van der Waals surface area contributed by atoms with Crippen LogP contribution in [0.1, 0.15) is 39.7 Å². The Morgan fingerprint density at radius 3 is 2.39 bits per heavy atom. The van der Waals surface area contributed by atoms with Crippen LogP contribution in [-0.4, -0.2) is 91.2 Å². The number of urea groups is 1. The number of anilines is 2. The zero-order chi connectivity index (χ0) is 30.9. The summed E-state index contributed by atoms with van der Waals surface area (Å²) in [5.74, 6) is -1.68. The van der Waals surface area contributed by atoms with Crippen molar-refractivity contribution in [3.8, 4) is 0 Å². The molecule has 0 spiro atoms. The maximum absolute atomic E-state index is 13.4. The van der Waals surface area contributed by atoms with Gasteiger partial charge < -0.3 is 35.2 Å². The number of hydrogen-bond acceptors (Lipinski definition) is 7. The lowest BCUT2D eigenvalue weighted by atomic mass is 10.1. The van der Waals surface area contributed by atoms with E-state index in [1.54, 1.807) is 18.2 Å². The number of benzene rings is 2. The van der Waals surface area contributed by atoms with Crippen molar-refractivity contribution in [1.29, 1.82) is 0 Å². The number of thiophene rings is 1. The fraction of sp³-hybridized carbons (Fsp3) is 0.375. The van der Waals surface area contributed by atoms with E-state index in [0.717, 1.165) is 22.5 Å². The average Bonchev–Trinajstić information content (AvgIpc) is 3.46. The summed E-state index contributed by atoms with van der Waals surface area (Å²) in [6.45, 7) is 4.62. The van der Waals surface area contributed by atoms with Gasteiger partial charge in [-0.15, -0.1) is 11.3 Å². The molecule has 2 aromatic carbocycles. The summed E-state index contributed by atoms with van der Waals surface area (Å²) in [6, 6.07) is 17.5. The number of rotatable bonds is 9. The maximum Gasteiger partial charge on any atom is 0.320 e. The fourth-order valence-electron chi connectivity index (χ4n) is 5.46. The summed E-state index contributed by atoms with van der Waals surface area (Å²) < 4.78 is 5.39. The summed E-state index contributed by atoms with van der Waals surface area (Å²) in [4.78, 5) is 57.8. The second kappa shape index (κ2) is 14.8. The SMILES string of the molecule is O=C(O)CC(NC(=O)c1ccc(N2CCCN(C(=O)N3CCOCC3)CC2)c(NC(=O)Cc2ccccc2)c1)c1cccs1. The molecule has 2 aliphatic heterocycles. The average molecular weight is 620 g/mol. The number of amides is 4. The van der Waals surface area contributed by atoms with Crippen molar-refractivity contribution in [1.82, 2.24) is 15.1 Å². The Morgan fingerprint density at radius 1 is 0.886 bits per heavy atom. The molecule has 0 saturated carbocycles. The Balaban J connectivity index is 1.36. The molecule has 0 aliphatic carbocycles. The molecule has 3 heterocycles. The first-order valence-corrected chi connectivity index (χ1v) is 15.7. The van der Waals surface area contributed by atoms with Gasteiger partial charge in [-0.25, -0.2) is 4.79 Å². The van der Waals surface area contributed by atoms with E-state index >= 15 is 0 Å². The van der Waals surface area contributed by atoms with Crippen LogP contribution in [0.4, 0.5) is 16.2 Å². The van der Waals surface area contributed by atoms with E-state index in [2.05, 4.69) is 15.5 Å². The Hall–Kier alpha value is -4.42. The molecule has 0 radical (unpaired) electrons. The molecule has 1 unspecified atom stereocenters. The first kappa shape index (κ1) is 31.0. The van der Waals surface area contributed by atoms with Crippen LogP contribution in [0.5, 0.6) is 0 Å². The highest BCUT2D eigenvalue weighted by molar-refractivity contribution is 7.10. The minimum atomic E-state index is -1.02. The fourth-order valence-corrected chi connectivity index (χ4v) is 6.24. The van der Waals surface area contributed by atoms with Gasteiger partial charge >= 0.3 is 12.0 Å². The molecule has 232 valence electrons. The molecule has 0 bridgehead atoms. The number of carbonyl (C=O) groups is 4. The minimum Gasteiger partial charge on any atom is -0.481 e. The Labute approximate surface area is 260 Å². The number of aliphatic carboxylic acids is 1. The number of morpholine rings is 1. The number of carboxylic acids is 1. The van der Waals surface area contributed by atoms with E-state index in [9.17, 15) is 24.3 Å². The predicted molar refractivity (Wildman–Crippen MR) is 168 cm³/mol. The number of carbonyl (C=O) groups excluding carboxylic acids is 3. The van der Waals surface area contributed by atoms with Crippen LogP contribution >= 0.6 is 11.3 Å². The molecule has 2 aliphatic rings. The molecule has 44 heavy (non-hydrogen) atoms. The van der Waals surface area contributed by atoms with E-state index in [4.69, 9.17) is 4.74 Å². The van der Waals surface area contributed by atoms with Gasteiger partial charge in [-0.2, -0.15) is 0 Å². The summed E-state index contributed by atoms with van der Waals surface area (Å²) in [5, 5.41) is 17.1. The van der Waals surface area contributed by atoms with Gasteiger partial charge in [-0.1, -0.05) is 36.4 Å². The molecule has 2 fully saturated rings. The topological polar surface area (TPSA) is 132 Å². The zero-order valence-corrected chi connectivity index (χ0v) is 25.3. The molecule has 12 heteroatoms. The van der Waals surface area contributed by atoms with Crippen molar-refractivity contribution in [3.63, 3.8) is 0 Å². The summed E-state index contributed by atoms with van der Waals surface area (Å²) in [6.07, 6.45) is 0.656. The molecule has 11 nitrogen and oxygen atoms in total. The van der Waals surface area contributed by atoms with Crippen LogP contribution in [0.2, 0.25) is 0 Å². The summed E-state index contributed by atoms with van der Waals surface area (Å²) in [7, 11) is 0. The summed E-state index contributed by atoms with van der Waals surface area (Å²) in [5.41, 5.74) is 2.40. The van der Waals surface area contributed by atoms with Crippen LogP contribution in [0.25, 0.3) is 0 Å². The monoisotopic (exact) mass is 619 g/mol. The van der Waals surface area contributed by atoms with Gasteiger partial charge in [0.1, 0.15) is 0 Å². The zero-order valence-electron chi connectivity index (χ0n) is 24.4. The Bertz CT molecular complexity index is 1440. The lowest BCUT2D eigenvalue weighted by Gasteiger charge is -2.32. The highest BCUT2D eigenvalue weighted by Crippen LogP contribution is 2.30.